The smallest absolute Gasteiger partial charge is 0.348 e. The average molecular weight is 555 g/mol. The van der Waals surface area contributed by atoms with Gasteiger partial charge in [-0.25, -0.2) is 4.79 Å². The fourth-order valence-electron chi connectivity index (χ4n) is 3.16. The Kier molecular flexibility index (Phi) is 9.06. The first kappa shape index (κ1) is 26.0. The maximum Gasteiger partial charge on any atom is 0.348 e. The van der Waals surface area contributed by atoms with E-state index in [2.05, 4.69) is 21.2 Å². The molecule has 0 aliphatic carbocycles. The van der Waals surface area contributed by atoms with Crippen LogP contribution in [0.15, 0.2) is 53.0 Å². The van der Waals surface area contributed by atoms with Crippen molar-refractivity contribution in [1.29, 1.82) is 5.26 Å². The van der Waals surface area contributed by atoms with Gasteiger partial charge in [0.25, 0.3) is 0 Å². The zero-order valence-corrected chi connectivity index (χ0v) is 21.8. The molecule has 0 spiro atoms. The summed E-state index contributed by atoms with van der Waals surface area (Å²) in [6, 6.07) is 15.4. The Morgan fingerprint density at radius 3 is 2.63 bits per heavy atom. The summed E-state index contributed by atoms with van der Waals surface area (Å²) >= 11 is 4.53. The molecule has 0 saturated carbocycles. The van der Waals surface area contributed by atoms with E-state index >= 15 is 0 Å². The second-order valence-corrected chi connectivity index (χ2v) is 9.10. The molecule has 0 fully saturated rings. The number of hydrogen-bond acceptors (Lipinski definition) is 7. The number of ether oxygens (including phenoxy) is 3. The van der Waals surface area contributed by atoms with Gasteiger partial charge in [-0.1, -0.05) is 30.3 Å². The van der Waals surface area contributed by atoms with E-state index in [9.17, 15) is 14.9 Å². The van der Waals surface area contributed by atoms with E-state index in [0.717, 1.165) is 16.9 Å². The Balaban J connectivity index is 1.74. The fourth-order valence-corrected chi connectivity index (χ4v) is 4.79. The summed E-state index contributed by atoms with van der Waals surface area (Å²) in [5, 5.41) is 12.5. The van der Waals surface area contributed by atoms with E-state index in [1.807, 2.05) is 42.5 Å². The molecule has 0 aliphatic heterocycles. The minimum atomic E-state index is -0.519. The monoisotopic (exact) mass is 554 g/mol. The summed E-state index contributed by atoms with van der Waals surface area (Å²) in [6.45, 7) is 3.95. The minimum absolute atomic E-state index is 0.220. The highest BCUT2D eigenvalue weighted by molar-refractivity contribution is 9.10. The van der Waals surface area contributed by atoms with Gasteiger partial charge in [-0.05, 0) is 64.7 Å². The van der Waals surface area contributed by atoms with Crippen molar-refractivity contribution in [2.45, 2.75) is 20.5 Å². The van der Waals surface area contributed by atoms with E-state index in [0.29, 0.717) is 43.6 Å². The standard InChI is InChI=1S/C26H23BrN2O5S/c1-4-33-26(31)24-16(2)19(14-28)25(35-24)29-22(30)11-10-18-12-20(27)23(21(13-18)32-3)34-15-17-8-6-5-7-9-17/h5-13H,4,15H2,1-3H3,(H,29,30). The van der Waals surface area contributed by atoms with Crippen molar-refractivity contribution in [2.75, 3.05) is 19.0 Å². The number of rotatable bonds is 9. The summed E-state index contributed by atoms with van der Waals surface area (Å²) in [6.07, 6.45) is 2.95. The van der Waals surface area contributed by atoms with Crippen LogP contribution in [0.4, 0.5) is 5.00 Å². The molecule has 0 atom stereocenters. The zero-order valence-electron chi connectivity index (χ0n) is 19.4. The normalized spacial score (nSPS) is 10.6. The van der Waals surface area contributed by atoms with Crippen molar-refractivity contribution in [3.8, 4) is 17.6 Å². The fraction of sp³-hybridized carbons (Fsp3) is 0.192. The second-order valence-electron chi connectivity index (χ2n) is 7.22. The molecule has 2 aromatic carbocycles. The predicted octanol–water partition coefficient (Wildman–Crippen LogP) is 6.11. The molecule has 7 nitrogen and oxygen atoms in total. The van der Waals surface area contributed by atoms with Gasteiger partial charge in [0.15, 0.2) is 11.5 Å². The molecule has 1 heterocycles. The summed E-state index contributed by atoms with van der Waals surface area (Å²) in [5.41, 5.74) is 2.44. The van der Waals surface area contributed by atoms with Crippen LogP contribution in [0.1, 0.15) is 38.8 Å². The van der Waals surface area contributed by atoms with Gasteiger partial charge in [0.2, 0.25) is 5.91 Å². The number of hydrogen-bond donors (Lipinski definition) is 1. The SMILES string of the molecule is CCOC(=O)c1sc(NC(=O)C=Cc2cc(Br)c(OCc3ccccc3)c(OC)c2)c(C#N)c1C. The van der Waals surface area contributed by atoms with E-state index < -0.39 is 11.9 Å². The average Bonchev–Trinajstić information content (AvgIpc) is 3.17. The molecule has 0 radical (unpaired) electrons. The Labute approximate surface area is 216 Å². The number of carbonyl (C=O) groups is 2. The Hall–Kier alpha value is -3.61. The number of carbonyl (C=O) groups excluding carboxylic acids is 2. The van der Waals surface area contributed by atoms with E-state index in [1.165, 1.54) is 6.08 Å². The van der Waals surface area contributed by atoms with Gasteiger partial charge in [-0.15, -0.1) is 11.3 Å². The first-order valence-corrected chi connectivity index (χ1v) is 12.2. The van der Waals surface area contributed by atoms with Crippen LogP contribution in [0, 0.1) is 18.3 Å². The van der Waals surface area contributed by atoms with Gasteiger partial charge < -0.3 is 19.5 Å². The molecule has 0 saturated heterocycles. The predicted molar refractivity (Wildman–Crippen MR) is 139 cm³/mol. The molecular formula is C26H23BrN2O5S. The summed E-state index contributed by atoms with van der Waals surface area (Å²) in [7, 11) is 1.54. The number of nitriles is 1. The van der Waals surface area contributed by atoms with Gasteiger partial charge in [-0.2, -0.15) is 5.26 Å². The van der Waals surface area contributed by atoms with Crippen molar-refractivity contribution in [3.05, 3.63) is 80.1 Å². The van der Waals surface area contributed by atoms with Crippen molar-refractivity contribution in [3.63, 3.8) is 0 Å². The number of nitrogens with one attached hydrogen (secondary N) is 1. The first-order valence-electron chi connectivity index (χ1n) is 10.6. The molecule has 0 unspecified atom stereocenters. The van der Waals surface area contributed by atoms with E-state index in [4.69, 9.17) is 14.2 Å². The number of halogens is 1. The van der Waals surface area contributed by atoms with Crippen LogP contribution in [0.2, 0.25) is 0 Å². The highest BCUT2D eigenvalue weighted by atomic mass is 79.9. The molecule has 0 aliphatic rings. The summed E-state index contributed by atoms with van der Waals surface area (Å²) in [5.74, 6) is 0.0963. The van der Waals surface area contributed by atoms with Crippen LogP contribution in [0.25, 0.3) is 6.08 Å². The van der Waals surface area contributed by atoms with Crippen LogP contribution in [-0.2, 0) is 16.1 Å². The number of anilines is 1. The Bertz CT molecular complexity index is 1300. The Morgan fingerprint density at radius 1 is 1.23 bits per heavy atom. The van der Waals surface area contributed by atoms with E-state index in [-0.39, 0.29) is 12.2 Å². The summed E-state index contributed by atoms with van der Waals surface area (Å²) < 4.78 is 17.1. The molecule has 9 heteroatoms. The Morgan fingerprint density at radius 2 is 1.97 bits per heavy atom. The number of benzene rings is 2. The summed E-state index contributed by atoms with van der Waals surface area (Å²) in [4.78, 5) is 25.0. The van der Waals surface area contributed by atoms with Gasteiger partial charge in [-0.3, -0.25) is 4.79 Å². The lowest BCUT2D eigenvalue weighted by atomic mass is 10.1. The largest absolute Gasteiger partial charge is 0.493 e. The van der Waals surface area contributed by atoms with Crippen molar-refractivity contribution in [2.24, 2.45) is 0 Å². The van der Waals surface area contributed by atoms with Gasteiger partial charge in [0, 0.05) is 6.08 Å². The highest BCUT2D eigenvalue weighted by Gasteiger charge is 2.21. The number of thiophene rings is 1. The van der Waals surface area contributed by atoms with Gasteiger partial charge in [0.05, 0.1) is 23.8 Å². The van der Waals surface area contributed by atoms with Gasteiger partial charge in [0.1, 0.15) is 22.6 Å². The third-order valence-corrected chi connectivity index (χ3v) is 6.64. The maximum atomic E-state index is 12.6. The van der Waals surface area contributed by atoms with Crippen LogP contribution < -0.4 is 14.8 Å². The lowest BCUT2D eigenvalue weighted by Crippen LogP contribution is -2.07. The van der Waals surface area contributed by atoms with Crippen LogP contribution in [0.5, 0.6) is 11.5 Å². The molecule has 1 amide bonds. The lowest BCUT2D eigenvalue weighted by Gasteiger charge is -2.13. The first-order chi connectivity index (χ1) is 16.9. The quantitative estimate of drug-likeness (QED) is 0.253. The molecule has 1 N–H and O–H groups in total. The topological polar surface area (TPSA) is 97.7 Å². The number of esters is 1. The second kappa shape index (κ2) is 12.2. The number of methoxy groups -OCH3 is 1. The molecule has 1 aromatic heterocycles. The number of nitrogens with zero attached hydrogens (tertiary/aromatic N) is 1. The van der Waals surface area contributed by atoms with Crippen molar-refractivity contribution >= 4 is 50.2 Å². The molecular weight excluding hydrogens is 532 g/mol. The zero-order chi connectivity index (χ0) is 25.4. The number of amides is 1. The highest BCUT2D eigenvalue weighted by Crippen LogP contribution is 2.38. The lowest BCUT2D eigenvalue weighted by molar-refractivity contribution is -0.111. The van der Waals surface area contributed by atoms with E-state index in [1.54, 1.807) is 33.1 Å². The molecule has 3 aromatic rings. The molecule has 3 rings (SSSR count). The third-order valence-electron chi connectivity index (χ3n) is 4.86. The van der Waals surface area contributed by atoms with Crippen LogP contribution >= 0.6 is 27.3 Å². The van der Waals surface area contributed by atoms with Crippen LogP contribution in [0.3, 0.4) is 0 Å². The van der Waals surface area contributed by atoms with Crippen molar-refractivity contribution in [1.82, 2.24) is 0 Å². The van der Waals surface area contributed by atoms with Gasteiger partial charge >= 0.3 is 5.97 Å². The molecule has 0 bridgehead atoms. The molecule has 35 heavy (non-hydrogen) atoms. The van der Waals surface area contributed by atoms with Crippen LogP contribution in [-0.4, -0.2) is 25.6 Å². The minimum Gasteiger partial charge on any atom is -0.493 e. The van der Waals surface area contributed by atoms with Crippen molar-refractivity contribution < 1.29 is 23.8 Å². The third kappa shape index (κ3) is 6.50. The maximum absolute atomic E-state index is 12.6. The molecule has 180 valence electrons.